The molecule has 3 heterocycles. The van der Waals surface area contributed by atoms with Crippen molar-refractivity contribution in [3.63, 3.8) is 0 Å². The summed E-state index contributed by atoms with van der Waals surface area (Å²) in [4.78, 5) is 12.7. The third-order valence-electron chi connectivity index (χ3n) is 6.71. The second kappa shape index (κ2) is 10.6. The number of aryl methyl sites for hydroxylation is 1. The van der Waals surface area contributed by atoms with Gasteiger partial charge in [-0.15, -0.1) is 0 Å². The van der Waals surface area contributed by atoms with Gasteiger partial charge in [0.25, 0.3) is 0 Å². The van der Waals surface area contributed by atoms with Gasteiger partial charge in [0.15, 0.2) is 9.84 Å². The van der Waals surface area contributed by atoms with E-state index in [9.17, 15) is 8.42 Å². The number of aromatic amines is 1. The highest BCUT2D eigenvalue weighted by Gasteiger charge is 2.21. The van der Waals surface area contributed by atoms with Gasteiger partial charge in [-0.3, -0.25) is 0 Å². The highest BCUT2D eigenvalue weighted by atomic mass is 32.2. The van der Waals surface area contributed by atoms with E-state index in [2.05, 4.69) is 45.0 Å². The number of ether oxygens (including phenoxy) is 1. The number of rotatable bonds is 8. The Hall–Kier alpha value is -3.63. The van der Waals surface area contributed by atoms with E-state index in [1.165, 1.54) is 17.4 Å². The number of anilines is 4. The number of sulfone groups is 1. The first-order chi connectivity index (χ1) is 18.2. The Bertz CT molecular complexity index is 1560. The maximum Gasteiger partial charge on any atom is 0.231 e. The third kappa shape index (κ3) is 5.61. The first kappa shape index (κ1) is 26.0. The van der Waals surface area contributed by atoms with Gasteiger partial charge in [-0.1, -0.05) is 12.1 Å². The standard InChI is InChI=1S/C28H34N6O3S/c1-17(2)37-24-16-21(19-9-12-29-13-10-19)18(3)15-23(24)32-28-33-26-20(11-14-30-26)27(34-28)31-22-7-5-6-8-25(22)38(4,35)36/h5-8,11,14-17,19,29H,9-10,12-13H2,1-4H3,(H3,30,31,32,33,34). The SMILES string of the molecule is Cc1cc(Nc2nc(Nc3ccccc3S(C)(=O)=O)c3cc[nH]c3n2)c(OC(C)C)cc1C1CCNCC1. The van der Waals surface area contributed by atoms with E-state index in [0.29, 0.717) is 29.0 Å². The Morgan fingerprint density at radius 3 is 2.53 bits per heavy atom. The second-order valence-corrected chi connectivity index (χ2v) is 12.0. The lowest BCUT2D eigenvalue weighted by molar-refractivity contribution is 0.243. The molecule has 0 radical (unpaired) electrons. The molecule has 4 aromatic rings. The number of nitrogens with one attached hydrogen (secondary N) is 4. The molecule has 1 aliphatic rings. The molecule has 1 saturated heterocycles. The molecule has 0 unspecified atom stereocenters. The molecule has 4 N–H and O–H groups in total. The van der Waals surface area contributed by atoms with Crippen LogP contribution in [0.15, 0.2) is 53.6 Å². The average molecular weight is 535 g/mol. The van der Waals surface area contributed by atoms with Gasteiger partial charge in [-0.2, -0.15) is 9.97 Å². The Labute approximate surface area is 223 Å². The van der Waals surface area contributed by atoms with Gasteiger partial charge in [0, 0.05) is 12.5 Å². The molecule has 0 amide bonds. The van der Waals surface area contributed by atoms with Crippen molar-refractivity contribution in [2.24, 2.45) is 0 Å². The Kier molecular flexibility index (Phi) is 7.27. The summed E-state index contributed by atoms with van der Waals surface area (Å²) in [6.07, 6.45) is 5.17. The zero-order chi connectivity index (χ0) is 26.9. The number of benzene rings is 2. The van der Waals surface area contributed by atoms with Crippen LogP contribution in [0.5, 0.6) is 5.75 Å². The predicted octanol–water partition coefficient (Wildman–Crippen LogP) is 5.41. The van der Waals surface area contributed by atoms with Crippen LogP contribution in [0.25, 0.3) is 11.0 Å². The summed E-state index contributed by atoms with van der Waals surface area (Å²) < 4.78 is 30.9. The number of hydrogen-bond acceptors (Lipinski definition) is 8. The molecule has 0 atom stereocenters. The van der Waals surface area contributed by atoms with Gasteiger partial charge in [0.05, 0.1) is 27.8 Å². The van der Waals surface area contributed by atoms with Crippen molar-refractivity contribution in [3.05, 3.63) is 59.8 Å². The monoisotopic (exact) mass is 534 g/mol. The van der Waals surface area contributed by atoms with Gasteiger partial charge in [0.1, 0.15) is 17.2 Å². The van der Waals surface area contributed by atoms with E-state index in [1.54, 1.807) is 30.5 Å². The fourth-order valence-electron chi connectivity index (χ4n) is 4.96. The van der Waals surface area contributed by atoms with Crippen molar-refractivity contribution < 1.29 is 13.2 Å². The summed E-state index contributed by atoms with van der Waals surface area (Å²) in [5.41, 5.74) is 4.36. The van der Waals surface area contributed by atoms with Gasteiger partial charge in [-0.05, 0) is 94.1 Å². The number of para-hydroxylation sites is 1. The fraction of sp³-hybridized carbons (Fsp3) is 0.357. The summed E-state index contributed by atoms with van der Waals surface area (Å²) in [6.45, 7) is 8.19. The van der Waals surface area contributed by atoms with E-state index in [4.69, 9.17) is 9.72 Å². The van der Waals surface area contributed by atoms with Crippen LogP contribution < -0.4 is 20.7 Å². The van der Waals surface area contributed by atoms with Crippen molar-refractivity contribution >= 4 is 44.0 Å². The van der Waals surface area contributed by atoms with Crippen molar-refractivity contribution in [1.82, 2.24) is 20.3 Å². The van der Waals surface area contributed by atoms with Crippen LogP contribution in [0.4, 0.5) is 23.1 Å². The van der Waals surface area contributed by atoms with Crippen molar-refractivity contribution in [1.29, 1.82) is 0 Å². The van der Waals surface area contributed by atoms with Crippen LogP contribution in [0.3, 0.4) is 0 Å². The van der Waals surface area contributed by atoms with Gasteiger partial charge >= 0.3 is 0 Å². The summed E-state index contributed by atoms with van der Waals surface area (Å²) in [6, 6.07) is 12.9. The van der Waals surface area contributed by atoms with Crippen LogP contribution in [0, 0.1) is 6.92 Å². The van der Waals surface area contributed by atoms with E-state index < -0.39 is 9.84 Å². The van der Waals surface area contributed by atoms with Gasteiger partial charge in [-0.25, -0.2) is 8.42 Å². The van der Waals surface area contributed by atoms with Crippen LogP contribution in [0.1, 0.15) is 43.7 Å². The molecule has 10 heteroatoms. The van der Waals surface area contributed by atoms with Crippen LogP contribution in [0.2, 0.25) is 0 Å². The summed E-state index contributed by atoms with van der Waals surface area (Å²) in [5.74, 6) is 2.11. The first-order valence-corrected chi connectivity index (χ1v) is 14.8. The predicted molar refractivity (Wildman–Crippen MR) is 152 cm³/mol. The van der Waals surface area contributed by atoms with Crippen LogP contribution in [-0.2, 0) is 9.84 Å². The largest absolute Gasteiger partial charge is 0.489 e. The number of hydrogen-bond donors (Lipinski definition) is 4. The Morgan fingerprint density at radius 2 is 1.79 bits per heavy atom. The van der Waals surface area contributed by atoms with Crippen molar-refractivity contribution in [2.75, 3.05) is 30.0 Å². The molecule has 0 aliphatic carbocycles. The maximum absolute atomic E-state index is 12.4. The minimum absolute atomic E-state index is 0.00402. The molecular formula is C28H34N6O3S. The average Bonchev–Trinajstić information content (AvgIpc) is 3.35. The number of piperidine rings is 1. The molecule has 38 heavy (non-hydrogen) atoms. The third-order valence-corrected chi connectivity index (χ3v) is 7.87. The normalized spacial score (nSPS) is 14.7. The zero-order valence-electron chi connectivity index (χ0n) is 22.1. The molecule has 1 aliphatic heterocycles. The maximum atomic E-state index is 12.4. The lowest BCUT2D eigenvalue weighted by Crippen LogP contribution is -2.27. The summed E-state index contributed by atoms with van der Waals surface area (Å²) in [7, 11) is -3.44. The smallest absolute Gasteiger partial charge is 0.231 e. The quantitative estimate of drug-likeness (QED) is 0.237. The van der Waals surface area contributed by atoms with Gasteiger partial charge < -0.3 is 25.7 Å². The first-order valence-electron chi connectivity index (χ1n) is 12.9. The fourth-order valence-corrected chi connectivity index (χ4v) is 5.80. The molecule has 2 aromatic heterocycles. The summed E-state index contributed by atoms with van der Waals surface area (Å²) in [5, 5.41) is 10.8. The molecule has 2 aromatic carbocycles. The second-order valence-electron chi connectivity index (χ2n) is 10.0. The molecule has 0 bridgehead atoms. The van der Waals surface area contributed by atoms with E-state index in [0.717, 1.165) is 42.8 Å². The number of nitrogens with zero attached hydrogens (tertiary/aromatic N) is 2. The topological polar surface area (TPSA) is 121 Å². The molecule has 1 fully saturated rings. The lowest BCUT2D eigenvalue weighted by Gasteiger charge is -2.26. The van der Waals surface area contributed by atoms with Crippen molar-refractivity contribution in [2.45, 2.75) is 50.5 Å². The molecule has 0 spiro atoms. The summed E-state index contributed by atoms with van der Waals surface area (Å²) >= 11 is 0. The highest BCUT2D eigenvalue weighted by Crippen LogP contribution is 2.37. The molecule has 0 saturated carbocycles. The van der Waals surface area contributed by atoms with Gasteiger partial charge in [0.2, 0.25) is 5.95 Å². The molecule has 5 rings (SSSR count). The van der Waals surface area contributed by atoms with E-state index >= 15 is 0 Å². The highest BCUT2D eigenvalue weighted by molar-refractivity contribution is 7.90. The molecular weight excluding hydrogens is 500 g/mol. The van der Waals surface area contributed by atoms with Crippen molar-refractivity contribution in [3.8, 4) is 5.75 Å². The lowest BCUT2D eigenvalue weighted by atomic mass is 9.87. The number of fused-ring (bicyclic) bond motifs is 1. The number of H-pyrrole nitrogens is 1. The Balaban J connectivity index is 1.53. The van der Waals surface area contributed by atoms with E-state index in [1.807, 2.05) is 19.9 Å². The minimum Gasteiger partial charge on any atom is -0.489 e. The number of aromatic nitrogens is 3. The molecule has 9 nitrogen and oxygen atoms in total. The Morgan fingerprint density at radius 1 is 1.03 bits per heavy atom. The van der Waals surface area contributed by atoms with Crippen LogP contribution >= 0.6 is 0 Å². The van der Waals surface area contributed by atoms with E-state index in [-0.39, 0.29) is 11.0 Å². The zero-order valence-corrected chi connectivity index (χ0v) is 22.9. The van der Waals surface area contributed by atoms with Crippen LogP contribution in [-0.4, -0.2) is 48.8 Å². The molecule has 200 valence electrons. The minimum atomic E-state index is -3.44.